The third kappa shape index (κ3) is 3.23. The summed E-state index contributed by atoms with van der Waals surface area (Å²) in [5, 5.41) is 9.69. The second-order valence-corrected chi connectivity index (χ2v) is 5.32. The summed E-state index contributed by atoms with van der Waals surface area (Å²) in [6.07, 6.45) is 0.576. The average molecular weight is 292 g/mol. The molecule has 0 radical (unpaired) electrons. The zero-order valence-electron chi connectivity index (χ0n) is 11.6. The van der Waals surface area contributed by atoms with E-state index in [0.717, 1.165) is 23.8 Å². The molecule has 1 amide bonds. The Morgan fingerprint density at radius 1 is 1.30 bits per heavy atom. The topological polar surface area (TPSA) is 47.3 Å². The van der Waals surface area contributed by atoms with E-state index in [1.807, 2.05) is 31.2 Å². The number of hydrogen-bond acceptors (Lipinski definition) is 3. The van der Waals surface area contributed by atoms with E-state index >= 15 is 0 Å². The molecule has 0 aliphatic carbocycles. The van der Waals surface area contributed by atoms with Crippen molar-refractivity contribution in [2.45, 2.75) is 13.3 Å². The van der Waals surface area contributed by atoms with Gasteiger partial charge in [0.25, 0.3) is 0 Å². The highest BCUT2D eigenvalue weighted by Crippen LogP contribution is 2.20. The zero-order chi connectivity index (χ0) is 14.5. The highest BCUT2D eigenvalue weighted by atomic mass is 35.5. The normalized spacial score (nSPS) is 16.6. The molecule has 1 unspecified atom stereocenters. The first kappa shape index (κ1) is 14.7. The molecule has 5 heteroatoms. The van der Waals surface area contributed by atoms with Crippen LogP contribution in [0.1, 0.15) is 13.3 Å². The number of piperazine rings is 1. The van der Waals surface area contributed by atoms with Crippen LogP contribution < -0.4 is 4.90 Å². The summed E-state index contributed by atoms with van der Waals surface area (Å²) in [5.41, 5.74) is 1.12. The number of amides is 1. The maximum absolute atomic E-state index is 12.1. The molecule has 0 saturated carbocycles. The Morgan fingerprint density at radius 2 is 1.90 bits per heavy atom. The van der Waals surface area contributed by atoms with E-state index in [1.54, 1.807) is 4.90 Å². The number of rotatable bonds is 3. The number of benzene rings is 1. The van der Waals surface area contributed by atoms with E-state index in [1.165, 1.54) is 0 Å². The minimum atomic E-state index is -0.503. The first-order valence-electron chi connectivity index (χ1n) is 6.84. The molecule has 1 heterocycles. The fourth-order valence-corrected chi connectivity index (χ4v) is 2.50. The zero-order valence-corrected chi connectivity index (χ0v) is 12.3. The Morgan fingerprint density at radius 3 is 2.40 bits per heavy atom. The van der Waals surface area contributed by atoms with Gasteiger partial charge in [-0.25, -0.2) is 0 Å². The molecular weight excluding hydrogens is 274 g/mol. The van der Waals surface area contributed by atoms with Crippen LogP contribution >= 0.6 is 11.6 Å². The fourth-order valence-electron chi connectivity index (χ4n) is 2.38. The van der Waals surface area contributed by atoms with Crippen molar-refractivity contribution in [1.29, 1.82) is 5.26 Å². The van der Waals surface area contributed by atoms with Crippen LogP contribution in [0.5, 0.6) is 0 Å². The monoisotopic (exact) mass is 291 g/mol. The van der Waals surface area contributed by atoms with Gasteiger partial charge in [0.1, 0.15) is 5.92 Å². The smallest absolute Gasteiger partial charge is 0.240 e. The Bertz CT molecular complexity index is 501. The molecule has 20 heavy (non-hydrogen) atoms. The van der Waals surface area contributed by atoms with Crippen molar-refractivity contribution in [1.82, 2.24) is 4.90 Å². The van der Waals surface area contributed by atoms with Gasteiger partial charge in [0.05, 0.1) is 6.07 Å². The summed E-state index contributed by atoms with van der Waals surface area (Å²) in [7, 11) is 0. The fraction of sp³-hybridized carbons (Fsp3) is 0.467. The highest BCUT2D eigenvalue weighted by molar-refractivity contribution is 6.30. The predicted molar refractivity (Wildman–Crippen MR) is 79.6 cm³/mol. The van der Waals surface area contributed by atoms with E-state index in [4.69, 9.17) is 16.9 Å². The van der Waals surface area contributed by atoms with Crippen molar-refractivity contribution in [3.05, 3.63) is 29.3 Å². The van der Waals surface area contributed by atoms with Crippen LogP contribution in [0.25, 0.3) is 0 Å². The van der Waals surface area contributed by atoms with Gasteiger partial charge in [-0.2, -0.15) is 5.26 Å². The molecule has 2 rings (SSSR count). The largest absolute Gasteiger partial charge is 0.368 e. The van der Waals surface area contributed by atoms with Gasteiger partial charge in [0, 0.05) is 36.9 Å². The van der Waals surface area contributed by atoms with Crippen molar-refractivity contribution in [2.75, 3.05) is 31.1 Å². The van der Waals surface area contributed by atoms with Gasteiger partial charge in [-0.1, -0.05) is 18.5 Å². The van der Waals surface area contributed by atoms with Crippen molar-refractivity contribution in [3.63, 3.8) is 0 Å². The molecule has 1 fully saturated rings. The molecule has 1 aliphatic heterocycles. The van der Waals surface area contributed by atoms with Crippen molar-refractivity contribution >= 4 is 23.2 Å². The first-order valence-corrected chi connectivity index (χ1v) is 7.22. The number of nitriles is 1. The van der Waals surface area contributed by atoms with Gasteiger partial charge in [0.15, 0.2) is 0 Å². The molecule has 1 atom stereocenters. The van der Waals surface area contributed by atoms with Crippen LogP contribution in [0.4, 0.5) is 5.69 Å². The van der Waals surface area contributed by atoms with Crippen LogP contribution in [0.15, 0.2) is 24.3 Å². The molecule has 0 bridgehead atoms. The summed E-state index contributed by atoms with van der Waals surface area (Å²) in [4.78, 5) is 16.1. The van der Waals surface area contributed by atoms with Gasteiger partial charge in [-0.3, -0.25) is 4.79 Å². The second-order valence-electron chi connectivity index (χ2n) is 4.88. The van der Waals surface area contributed by atoms with E-state index in [-0.39, 0.29) is 5.91 Å². The average Bonchev–Trinajstić information content (AvgIpc) is 2.49. The van der Waals surface area contributed by atoms with Gasteiger partial charge in [0.2, 0.25) is 5.91 Å². The number of carbonyl (C=O) groups excluding carboxylic acids is 1. The summed E-state index contributed by atoms with van der Waals surface area (Å²) in [6.45, 7) is 4.78. The quantitative estimate of drug-likeness (QED) is 0.860. The lowest BCUT2D eigenvalue weighted by Gasteiger charge is -2.36. The van der Waals surface area contributed by atoms with E-state index in [2.05, 4.69) is 11.0 Å². The summed E-state index contributed by atoms with van der Waals surface area (Å²) in [6, 6.07) is 9.80. The molecule has 1 aromatic rings. The van der Waals surface area contributed by atoms with Gasteiger partial charge in [-0.15, -0.1) is 0 Å². The van der Waals surface area contributed by atoms with E-state index < -0.39 is 5.92 Å². The van der Waals surface area contributed by atoms with Crippen molar-refractivity contribution in [3.8, 4) is 6.07 Å². The Kier molecular flexibility index (Phi) is 4.86. The predicted octanol–water partition coefficient (Wildman–Crippen LogP) is 2.54. The number of hydrogen-bond donors (Lipinski definition) is 0. The first-order chi connectivity index (χ1) is 9.65. The standard InChI is InChI=1S/C15H18ClN3O/c1-2-12(11-17)15(20)19-9-7-18(8-10-19)14-5-3-13(16)4-6-14/h3-6,12H,2,7-10H2,1H3. The van der Waals surface area contributed by atoms with E-state index in [0.29, 0.717) is 19.5 Å². The Balaban J connectivity index is 1.94. The lowest BCUT2D eigenvalue weighted by molar-refractivity contribution is -0.134. The van der Waals surface area contributed by atoms with Crippen LogP contribution in [-0.2, 0) is 4.79 Å². The lowest BCUT2D eigenvalue weighted by Crippen LogP contribution is -2.50. The molecule has 0 N–H and O–H groups in total. The second kappa shape index (κ2) is 6.62. The van der Waals surface area contributed by atoms with Gasteiger partial charge in [-0.05, 0) is 30.7 Å². The molecule has 1 aromatic carbocycles. The molecule has 1 saturated heterocycles. The van der Waals surface area contributed by atoms with Crippen LogP contribution in [0, 0.1) is 17.2 Å². The third-order valence-corrected chi connectivity index (χ3v) is 3.90. The summed E-state index contributed by atoms with van der Waals surface area (Å²) >= 11 is 5.88. The highest BCUT2D eigenvalue weighted by Gasteiger charge is 2.26. The van der Waals surface area contributed by atoms with Crippen molar-refractivity contribution < 1.29 is 4.79 Å². The minimum absolute atomic E-state index is 0.0363. The number of anilines is 1. The summed E-state index contributed by atoms with van der Waals surface area (Å²) < 4.78 is 0. The SMILES string of the molecule is CCC(C#N)C(=O)N1CCN(c2ccc(Cl)cc2)CC1. The molecule has 0 spiro atoms. The van der Waals surface area contributed by atoms with Crippen molar-refractivity contribution in [2.24, 2.45) is 5.92 Å². The number of nitrogens with zero attached hydrogens (tertiary/aromatic N) is 3. The lowest BCUT2D eigenvalue weighted by atomic mass is 10.1. The van der Waals surface area contributed by atoms with Crippen LogP contribution in [0.2, 0.25) is 5.02 Å². The van der Waals surface area contributed by atoms with E-state index in [9.17, 15) is 4.79 Å². The molecular formula is C15H18ClN3O. The Hall–Kier alpha value is -1.73. The number of halogens is 1. The maximum Gasteiger partial charge on any atom is 0.240 e. The summed E-state index contributed by atoms with van der Waals surface area (Å²) in [5.74, 6) is -0.539. The Labute approximate surface area is 124 Å². The molecule has 0 aromatic heterocycles. The molecule has 4 nitrogen and oxygen atoms in total. The molecule has 106 valence electrons. The van der Waals surface area contributed by atoms with Gasteiger partial charge >= 0.3 is 0 Å². The van der Waals surface area contributed by atoms with Gasteiger partial charge < -0.3 is 9.80 Å². The maximum atomic E-state index is 12.1. The number of carbonyl (C=O) groups is 1. The van der Waals surface area contributed by atoms with Crippen LogP contribution in [-0.4, -0.2) is 37.0 Å². The molecule has 1 aliphatic rings. The minimum Gasteiger partial charge on any atom is -0.368 e. The third-order valence-electron chi connectivity index (χ3n) is 3.65. The van der Waals surface area contributed by atoms with Crippen LogP contribution in [0.3, 0.4) is 0 Å².